The highest BCUT2D eigenvalue weighted by atomic mass is 35.5. The van der Waals surface area contributed by atoms with E-state index in [1.54, 1.807) is 17.5 Å². The summed E-state index contributed by atoms with van der Waals surface area (Å²) >= 11 is 8.04. The quantitative estimate of drug-likeness (QED) is 0.401. The molecule has 3 heterocycles. The highest BCUT2D eigenvalue weighted by Gasteiger charge is 2.35. The van der Waals surface area contributed by atoms with Gasteiger partial charge in [-0.2, -0.15) is 0 Å². The van der Waals surface area contributed by atoms with Gasteiger partial charge in [-0.3, -0.25) is 4.79 Å². The first kappa shape index (κ1) is 24.4. The summed E-state index contributed by atoms with van der Waals surface area (Å²) in [5.41, 5.74) is 1.26. The number of aliphatic hydroxyl groups excluding tert-OH is 1. The number of anilines is 1. The van der Waals surface area contributed by atoms with Crippen LogP contribution in [0.5, 0.6) is 0 Å². The first-order valence-electron chi connectivity index (χ1n) is 12.3. The van der Waals surface area contributed by atoms with Gasteiger partial charge in [0, 0.05) is 28.2 Å². The van der Waals surface area contributed by atoms with Crippen molar-refractivity contribution < 1.29 is 9.90 Å². The number of fused-ring (bicyclic) bond motifs is 1. The van der Waals surface area contributed by atoms with Crippen molar-refractivity contribution in [2.45, 2.75) is 51.2 Å². The monoisotopic (exact) mass is 513 g/mol. The zero-order valence-electron chi connectivity index (χ0n) is 20.2. The number of rotatable bonds is 8. The van der Waals surface area contributed by atoms with Crippen molar-refractivity contribution >= 4 is 44.9 Å². The molecule has 0 spiro atoms. The van der Waals surface area contributed by atoms with Crippen molar-refractivity contribution in [3.8, 4) is 10.6 Å². The molecule has 1 saturated carbocycles. The van der Waals surface area contributed by atoms with Crippen LogP contribution < -0.4 is 10.6 Å². The Kier molecular flexibility index (Phi) is 6.99. The van der Waals surface area contributed by atoms with Crippen molar-refractivity contribution in [3.63, 3.8) is 0 Å². The smallest absolute Gasteiger partial charge is 0.252 e. The zero-order chi connectivity index (χ0) is 24.6. The van der Waals surface area contributed by atoms with Crippen LogP contribution in [0.2, 0.25) is 5.02 Å². The van der Waals surface area contributed by atoms with Crippen LogP contribution >= 0.6 is 22.9 Å². The Labute approximate surface area is 214 Å². The Hall–Kier alpha value is -2.26. The molecule has 1 atom stereocenters. The third-order valence-corrected chi connectivity index (χ3v) is 8.71. The van der Waals surface area contributed by atoms with E-state index in [1.807, 2.05) is 24.3 Å². The number of nitrogens with one attached hydrogen (secondary N) is 2. The molecule has 35 heavy (non-hydrogen) atoms. The summed E-state index contributed by atoms with van der Waals surface area (Å²) in [6, 6.07) is 8.08. The van der Waals surface area contributed by atoms with Gasteiger partial charge in [0.05, 0.1) is 22.2 Å². The van der Waals surface area contributed by atoms with E-state index in [0.29, 0.717) is 41.2 Å². The molecule has 0 radical (unpaired) electrons. The van der Waals surface area contributed by atoms with Gasteiger partial charge in [0.1, 0.15) is 5.69 Å². The van der Waals surface area contributed by atoms with Crippen molar-refractivity contribution in [1.82, 2.24) is 20.2 Å². The van der Waals surface area contributed by atoms with Gasteiger partial charge < -0.3 is 20.6 Å². The first-order chi connectivity index (χ1) is 16.8. The summed E-state index contributed by atoms with van der Waals surface area (Å²) in [5.74, 6) is 0.449. The number of aliphatic hydroxyl groups is 1. The lowest BCUT2D eigenvalue weighted by atomic mass is 9.74. The molecule has 3 aromatic rings. The Morgan fingerprint density at radius 2 is 2.11 bits per heavy atom. The van der Waals surface area contributed by atoms with E-state index in [9.17, 15) is 9.90 Å². The average Bonchev–Trinajstić information content (AvgIpc) is 3.55. The number of benzene rings is 1. The van der Waals surface area contributed by atoms with E-state index < -0.39 is 0 Å². The summed E-state index contributed by atoms with van der Waals surface area (Å²) in [6.07, 6.45) is 5.96. The van der Waals surface area contributed by atoms with E-state index in [2.05, 4.69) is 39.5 Å². The first-order valence-corrected chi connectivity index (χ1v) is 13.5. The molecule has 1 amide bonds. The SMILES string of the molecule is CN1CCC(C)(C(O)CCNc2ncc(Cl)c(-c3cc4c(C(=O)NC5CC5)cccc4s3)n2)CC1. The van der Waals surface area contributed by atoms with Crippen LogP contribution in [0.3, 0.4) is 0 Å². The van der Waals surface area contributed by atoms with Gasteiger partial charge >= 0.3 is 0 Å². The molecule has 3 N–H and O–H groups in total. The molecule has 5 rings (SSSR count). The molecule has 186 valence electrons. The van der Waals surface area contributed by atoms with Gasteiger partial charge in [0.2, 0.25) is 5.95 Å². The molecule has 9 heteroatoms. The minimum atomic E-state index is -0.377. The molecule has 2 fully saturated rings. The Balaban J connectivity index is 1.29. The van der Waals surface area contributed by atoms with Crippen molar-refractivity contribution in [1.29, 1.82) is 0 Å². The minimum absolute atomic E-state index is 0.0320. The lowest BCUT2D eigenvalue weighted by Gasteiger charge is -2.41. The third kappa shape index (κ3) is 5.45. The molecule has 7 nitrogen and oxygen atoms in total. The van der Waals surface area contributed by atoms with E-state index in [0.717, 1.165) is 53.7 Å². The van der Waals surface area contributed by atoms with E-state index in [4.69, 9.17) is 11.6 Å². The maximum absolute atomic E-state index is 12.7. The van der Waals surface area contributed by atoms with Gasteiger partial charge in [-0.05, 0) is 75.9 Å². The second-order valence-corrected chi connectivity index (χ2v) is 11.6. The van der Waals surface area contributed by atoms with E-state index in [-0.39, 0.29) is 17.4 Å². The molecular weight excluding hydrogens is 482 g/mol. The van der Waals surface area contributed by atoms with Crippen LogP contribution in [-0.2, 0) is 0 Å². The summed E-state index contributed by atoms with van der Waals surface area (Å²) < 4.78 is 1.02. The maximum Gasteiger partial charge on any atom is 0.252 e. The molecule has 0 bridgehead atoms. The Bertz CT molecular complexity index is 1220. The van der Waals surface area contributed by atoms with Crippen LogP contribution in [0.4, 0.5) is 5.95 Å². The average molecular weight is 514 g/mol. The molecular formula is C26H32ClN5O2S. The van der Waals surface area contributed by atoms with Gasteiger partial charge in [0.25, 0.3) is 5.91 Å². The van der Waals surface area contributed by atoms with Crippen LogP contribution in [-0.4, -0.2) is 64.7 Å². The number of thiophene rings is 1. The Morgan fingerprint density at radius 1 is 1.34 bits per heavy atom. The summed E-state index contributed by atoms with van der Waals surface area (Å²) in [6.45, 7) is 4.79. The molecule has 1 aliphatic carbocycles. The van der Waals surface area contributed by atoms with Crippen LogP contribution in [0.15, 0.2) is 30.5 Å². The van der Waals surface area contributed by atoms with Gasteiger partial charge in [-0.25, -0.2) is 9.97 Å². The number of carbonyl (C=O) groups excluding carboxylic acids is 1. The fourth-order valence-corrected chi connectivity index (χ4v) is 5.96. The highest BCUT2D eigenvalue weighted by molar-refractivity contribution is 7.22. The summed E-state index contributed by atoms with van der Waals surface area (Å²) in [7, 11) is 2.13. The molecule has 2 aliphatic rings. The fraction of sp³-hybridized carbons (Fsp3) is 0.500. The van der Waals surface area contributed by atoms with Gasteiger partial charge in [-0.15, -0.1) is 11.3 Å². The number of hydrogen-bond acceptors (Lipinski definition) is 7. The maximum atomic E-state index is 12.7. The number of likely N-dealkylation sites (tertiary alicyclic amines) is 1. The zero-order valence-corrected chi connectivity index (χ0v) is 21.8. The number of halogens is 1. The fourth-order valence-electron chi connectivity index (χ4n) is 4.62. The second-order valence-electron chi connectivity index (χ2n) is 10.2. The van der Waals surface area contributed by atoms with E-state index >= 15 is 0 Å². The molecule has 1 unspecified atom stereocenters. The molecule has 1 aliphatic heterocycles. The number of hydrogen-bond donors (Lipinski definition) is 3. The topological polar surface area (TPSA) is 90.4 Å². The standard InChI is InChI=1S/C26H32ClN5O2S/c1-26(9-12-32(2)13-10-26)22(33)8-11-28-25-29-15-19(27)23(31-25)21-14-18-17(4-3-5-20(18)35-21)24(34)30-16-6-7-16/h3-5,14-16,22,33H,6-13H2,1-2H3,(H,30,34)(H,28,29,31). The Morgan fingerprint density at radius 3 is 2.86 bits per heavy atom. The lowest BCUT2D eigenvalue weighted by Crippen LogP contribution is -2.43. The van der Waals surface area contributed by atoms with Gasteiger partial charge in [0.15, 0.2) is 0 Å². The third-order valence-electron chi connectivity index (χ3n) is 7.33. The number of nitrogens with zero attached hydrogens (tertiary/aromatic N) is 3. The number of carbonyl (C=O) groups is 1. The number of piperidine rings is 1. The predicted molar refractivity (Wildman–Crippen MR) is 142 cm³/mol. The van der Waals surface area contributed by atoms with Crippen molar-refractivity contribution in [3.05, 3.63) is 41.0 Å². The number of aromatic nitrogens is 2. The minimum Gasteiger partial charge on any atom is -0.392 e. The van der Waals surface area contributed by atoms with Crippen molar-refractivity contribution in [2.75, 3.05) is 32.0 Å². The highest BCUT2D eigenvalue weighted by Crippen LogP contribution is 2.38. The largest absolute Gasteiger partial charge is 0.392 e. The van der Waals surface area contributed by atoms with Crippen molar-refractivity contribution in [2.24, 2.45) is 5.41 Å². The molecule has 2 aromatic heterocycles. The van der Waals surface area contributed by atoms with Crippen LogP contribution in [0.25, 0.3) is 20.7 Å². The lowest BCUT2D eigenvalue weighted by molar-refractivity contribution is -0.00903. The molecule has 1 saturated heterocycles. The van der Waals surface area contributed by atoms with E-state index in [1.165, 1.54) is 0 Å². The number of amides is 1. The predicted octanol–water partition coefficient (Wildman–Crippen LogP) is 4.80. The summed E-state index contributed by atoms with van der Waals surface area (Å²) in [4.78, 5) is 24.9. The molecule has 1 aromatic carbocycles. The second kappa shape index (κ2) is 10.0. The normalized spacial score (nSPS) is 19.0. The van der Waals surface area contributed by atoms with Crippen LogP contribution in [0.1, 0.15) is 49.4 Å². The van der Waals surface area contributed by atoms with Crippen LogP contribution in [0, 0.1) is 5.41 Å². The summed E-state index contributed by atoms with van der Waals surface area (Å²) in [5, 5.41) is 18.5. The van der Waals surface area contributed by atoms with Gasteiger partial charge in [-0.1, -0.05) is 24.6 Å².